The Morgan fingerprint density at radius 2 is 1.97 bits per heavy atom. The van der Waals surface area contributed by atoms with Crippen molar-refractivity contribution < 1.29 is 22.5 Å². The third-order valence-electron chi connectivity index (χ3n) is 6.40. The molecule has 1 amide bonds. The van der Waals surface area contributed by atoms with Crippen LogP contribution in [0.2, 0.25) is 0 Å². The smallest absolute Gasteiger partial charge is 0.382 e. The van der Waals surface area contributed by atoms with Crippen molar-refractivity contribution in [2.24, 2.45) is 7.05 Å². The maximum Gasteiger partial charge on any atom is 0.406 e. The van der Waals surface area contributed by atoms with E-state index in [-0.39, 0.29) is 35.7 Å². The van der Waals surface area contributed by atoms with E-state index in [2.05, 4.69) is 37.8 Å². The summed E-state index contributed by atoms with van der Waals surface area (Å²) in [5.41, 5.74) is 1.55. The molecule has 1 fully saturated rings. The van der Waals surface area contributed by atoms with Crippen LogP contribution >= 0.6 is 0 Å². The molecular weight excluding hydrogens is 489 g/mol. The average Bonchev–Trinajstić information content (AvgIpc) is 3.58. The van der Waals surface area contributed by atoms with E-state index >= 15 is 0 Å². The van der Waals surface area contributed by atoms with Gasteiger partial charge in [-0.3, -0.25) is 9.48 Å². The van der Waals surface area contributed by atoms with Crippen LogP contribution in [0.1, 0.15) is 29.2 Å². The lowest BCUT2D eigenvalue weighted by molar-refractivity contribution is -0.139. The number of hydrogen-bond donors (Lipinski definition) is 2. The molecule has 13 heteroatoms. The Balaban J connectivity index is 1.42. The fourth-order valence-corrected chi connectivity index (χ4v) is 4.53. The van der Waals surface area contributed by atoms with Gasteiger partial charge in [0.25, 0.3) is 11.8 Å². The summed E-state index contributed by atoms with van der Waals surface area (Å²) in [4.78, 5) is 18.8. The quantitative estimate of drug-likeness (QED) is 0.388. The molecule has 2 N–H and O–H groups in total. The number of aryl methyl sites for hydroxylation is 1. The van der Waals surface area contributed by atoms with Gasteiger partial charge in [-0.15, -0.1) is 0 Å². The summed E-state index contributed by atoms with van der Waals surface area (Å²) in [6.45, 7) is 0.629. The zero-order valence-electron chi connectivity index (χ0n) is 20.4. The molecule has 37 heavy (non-hydrogen) atoms. The number of nitrogens with zero attached hydrogens (tertiary/aromatic N) is 6. The van der Waals surface area contributed by atoms with Crippen molar-refractivity contribution in [2.45, 2.75) is 38.1 Å². The Hall–Kier alpha value is -3.87. The standard InChI is InChI=1S/C24H27F3N8O2/c1-33-9-6-15(7-10-33)29-17-4-3-5-19-16(17)12-20(35(19)14-24(25,26)27)23-30-21(32-37-23)13-28-22(36)18-8-11-34(2)31-18/h3-5,8,11-12,15,29H,6-7,9-10,13-14H2,1-2H3,(H,28,36). The fraction of sp³-hybridized carbons (Fsp3) is 0.417. The summed E-state index contributed by atoms with van der Waals surface area (Å²) in [6.07, 6.45) is -0.936. The van der Waals surface area contributed by atoms with Crippen molar-refractivity contribution in [2.75, 3.05) is 25.5 Å². The van der Waals surface area contributed by atoms with E-state index in [9.17, 15) is 18.0 Å². The molecule has 4 heterocycles. The molecule has 10 nitrogen and oxygen atoms in total. The molecule has 0 aliphatic carbocycles. The van der Waals surface area contributed by atoms with E-state index in [1.807, 2.05) is 6.07 Å². The third-order valence-corrected chi connectivity index (χ3v) is 6.40. The van der Waals surface area contributed by atoms with Crippen LogP contribution in [0.25, 0.3) is 22.5 Å². The lowest BCUT2D eigenvalue weighted by atomic mass is 10.0. The van der Waals surface area contributed by atoms with E-state index in [1.54, 1.807) is 37.5 Å². The molecule has 1 saturated heterocycles. The number of amides is 1. The molecule has 196 valence electrons. The molecule has 0 radical (unpaired) electrons. The number of hydrogen-bond acceptors (Lipinski definition) is 7. The fourth-order valence-electron chi connectivity index (χ4n) is 4.53. The molecule has 5 rings (SSSR count). The highest BCUT2D eigenvalue weighted by molar-refractivity contribution is 5.96. The van der Waals surface area contributed by atoms with Gasteiger partial charge in [0.2, 0.25) is 0 Å². The van der Waals surface area contributed by atoms with Crippen LogP contribution in [0, 0.1) is 0 Å². The summed E-state index contributed by atoms with van der Waals surface area (Å²) in [6, 6.07) is 8.69. The predicted molar refractivity (Wildman–Crippen MR) is 130 cm³/mol. The van der Waals surface area contributed by atoms with Crippen molar-refractivity contribution in [3.63, 3.8) is 0 Å². The molecule has 4 aromatic rings. The van der Waals surface area contributed by atoms with Crippen LogP contribution in [0.15, 0.2) is 41.1 Å². The van der Waals surface area contributed by atoms with Crippen LogP contribution in [-0.4, -0.2) is 67.7 Å². The van der Waals surface area contributed by atoms with Gasteiger partial charge in [-0.05, 0) is 57.2 Å². The maximum atomic E-state index is 13.6. The monoisotopic (exact) mass is 516 g/mol. The Morgan fingerprint density at radius 3 is 2.68 bits per heavy atom. The van der Waals surface area contributed by atoms with Gasteiger partial charge in [-0.25, -0.2) is 0 Å². The maximum absolute atomic E-state index is 13.6. The minimum atomic E-state index is -4.46. The number of alkyl halides is 3. The summed E-state index contributed by atoms with van der Waals surface area (Å²) in [5, 5.41) is 14.7. The van der Waals surface area contributed by atoms with E-state index in [4.69, 9.17) is 4.52 Å². The number of piperidine rings is 1. The predicted octanol–water partition coefficient (Wildman–Crippen LogP) is 3.42. The first kappa shape index (κ1) is 24.8. The largest absolute Gasteiger partial charge is 0.406 e. The first-order chi connectivity index (χ1) is 17.7. The Kier molecular flexibility index (Phi) is 6.63. The van der Waals surface area contributed by atoms with Gasteiger partial charge in [0.1, 0.15) is 17.9 Å². The third kappa shape index (κ3) is 5.61. The zero-order chi connectivity index (χ0) is 26.2. The second kappa shape index (κ2) is 9.88. The minimum absolute atomic E-state index is 0.0622. The molecule has 0 saturated carbocycles. The molecule has 0 bridgehead atoms. The summed E-state index contributed by atoms with van der Waals surface area (Å²) in [5.74, 6) is -0.358. The summed E-state index contributed by atoms with van der Waals surface area (Å²) >= 11 is 0. The van der Waals surface area contributed by atoms with Crippen LogP contribution in [0.4, 0.5) is 18.9 Å². The zero-order valence-corrected chi connectivity index (χ0v) is 20.4. The second-order valence-electron chi connectivity index (χ2n) is 9.26. The highest BCUT2D eigenvalue weighted by atomic mass is 19.4. The number of carbonyl (C=O) groups excluding carboxylic acids is 1. The molecule has 0 spiro atoms. The van der Waals surface area contributed by atoms with E-state index in [0.29, 0.717) is 10.9 Å². The molecule has 1 aromatic carbocycles. The Labute approximate surface area is 210 Å². The summed E-state index contributed by atoms with van der Waals surface area (Å²) in [7, 11) is 3.76. The molecule has 0 unspecified atom stereocenters. The number of likely N-dealkylation sites (tertiary alicyclic amines) is 1. The number of fused-ring (bicyclic) bond motifs is 1. The van der Waals surface area contributed by atoms with Crippen molar-refractivity contribution in [3.8, 4) is 11.6 Å². The van der Waals surface area contributed by atoms with Gasteiger partial charge in [0.05, 0.1) is 12.1 Å². The van der Waals surface area contributed by atoms with Crippen molar-refractivity contribution in [1.29, 1.82) is 0 Å². The summed E-state index contributed by atoms with van der Waals surface area (Å²) < 4.78 is 48.7. The Morgan fingerprint density at radius 1 is 1.19 bits per heavy atom. The normalized spacial score (nSPS) is 15.4. The molecular formula is C24H27F3N8O2. The molecule has 1 aliphatic rings. The first-order valence-electron chi connectivity index (χ1n) is 11.9. The lowest BCUT2D eigenvalue weighted by Crippen LogP contribution is -2.36. The number of carbonyl (C=O) groups is 1. The van der Waals surface area contributed by atoms with Crippen LogP contribution in [-0.2, 0) is 20.1 Å². The second-order valence-corrected chi connectivity index (χ2v) is 9.26. The highest BCUT2D eigenvalue weighted by Gasteiger charge is 2.31. The highest BCUT2D eigenvalue weighted by Crippen LogP contribution is 2.35. The molecule has 1 aliphatic heterocycles. The number of halogens is 3. The minimum Gasteiger partial charge on any atom is -0.382 e. The van der Waals surface area contributed by atoms with Crippen LogP contribution in [0.3, 0.4) is 0 Å². The van der Waals surface area contributed by atoms with Crippen molar-refractivity contribution in [1.82, 2.24) is 34.7 Å². The first-order valence-corrected chi connectivity index (χ1v) is 11.9. The number of rotatable bonds is 7. The molecule has 3 aromatic heterocycles. The van der Waals surface area contributed by atoms with Gasteiger partial charge in [0, 0.05) is 30.4 Å². The van der Waals surface area contributed by atoms with Crippen molar-refractivity contribution >= 4 is 22.5 Å². The van der Waals surface area contributed by atoms with Crippen LogP contribution in [0.5, 0.6) is 0 Å². The SMILES string of the molecule is CN1CCC(Nc2cccc3c2cc(-c2nc(CNC(=O)c4ccn(C)n4)no2)n3CC(F)(F)F)CC1. The van der Waals surface area contributed by atoms with E-state index < -0.39 is 18.6 Å². The number of nitrogens with one attached hydrogen (secondary N) is 2. The number of benzene rings is 1. The number of aromatic nitrogens is 5. The molecule has 0 atom stereocenters. The van der Waals surface area contributed by atoms with Crippen LogP contribution < -0.4 is 10.6 Å². The van der Waals surface area contributed by atoms with Gasteiger partial charge >= 0.3 is 6.18 Å². The van der Waals surface area contributed by atoms with Gasteiger partial charge < -0.3 is 24.6 Å². The van der Waals surface area contributed by atoms with Crippen molar-refractivity contribution in [3.05, 3.63) is 48.0 Å². The number of anilines is 1. The lowest BCUT2D eigenvalue weighted by Gasteiger charge is -2.30. The van der Waals surface area contributed by atoms with Gasteiger partial charge in [0.15, 0.2) is 5.82 Å². The van der Waals surface area contributed by atoms with E-state index in [0.717, 1.165) is 36.2 Å². The van der Waals surface area contributed by atoms with Gasteiger partial charge in [-0.2, -0.15) is 23.3 Å². The van der Waals surface area contributed by atoms with Gasteiger partial charge in [-0.1, -0.05) is 11.2 Å². The topological polar surface area (TPSA) is 106 Å². The van der Waals surface area contributed by atoms with E-state index in [1.165, 1.54) is 4.68 Å². The average molecular weight is 517 g/mol. The Bertz CT molecular complexity index is 1400.